The molecule has 0 aliphatic carbocycles. The van der Waals surface area contributed by atoms with Gasteiger partial charge in [-0.05, 0) is 52.6 Å². The lowest BCUT2D eigenvalue weighted by molar-refractivity contribution is 0.0706. The molecule has 0 saturated heterocycles. The number of halogens is 1. The molecule has 0 fully saturated rings. The van der Waals surface area contributed by atoms with Gasteiger partial charge >= 0.3 is 0 Å². The molecule has 1 heterocycles. The molecule has 0 radical (unpaired) electrons. The van der Waals surface area contributed by atoms with E-state index in [9.17, 15) is 4.79 Å². The molecule has 0 aliphatic rings. The zero-order valence-corrected chi connectivity index (χ0v) is 17.1. The molecule has 4 nitrogen and oxygen atoms in total. The van der Waals surface area contributed by atoms with Gasteiger partial charge in [-0.15, -0.1) is 0 Å². The maximum atomic E-state index is 11.5. The van der Waals surface area contributed by atoms with Crippen LogP contribution in [-0.4, -0.2) is 15.7 Å². The van der Waals surface area contributed by atoms with Gasteiger partial charge in [-0.3, -0.25) is 10.0 Å². The van der Waals surface area contributed by atoms with E-state index in [0.717, 1.165) is 32.4 Å². The third-order valence-corrected chi connectivity index (χ3v) is 5.34. The van der Waals surface area contributed by atoms with Crippen molar-refractivity contribution >= 4 is 21.8 Å². The van der Waals surface area contributed by atoms with Crippen LogP contribution in [0.5, 0.6) is 0 Å². The average molecular weight is 447 g/mol. The normalized spacial score (nSPS) is 10.7. The van der Waals surface area contributed by atoms with Crippen LogP contribution in [0, 0.1) is 0 Å². The number of carbonyl (C=O) groups is 1. The van der Waals surface area contributed by atoms with E-state index in [1.54, 1.807) is 17.6 Å². The summed E-state index contributed by atoms with van der Waals surface area (Å²) in [5.41, 5.74) is 7.71. The molecule has 0 saturated carbocycles. The van der Waals surface area contributed by atoms with E-state index in [-0.39, 0.29) is 0 Å². The van der Waals surface area contributed by atoms with Crippen LogP contribution in [-0.2, 0) is 6.54 Å². The van der Waals surface area contributed by atoms with Crippen LogP contribution < -0.4 is 5.48 Å². The molecule has 5 heteroatoms. The van der Waals surface area contributed by atoms with Crippen molar-refractivity contribution in [3.8, 4) is 22.4 Å². The fourth-order valence-corrected chi connectivity index (χ4v) is 3.58. The standard InChI is InChI=1S/C24H19BrN2O2/c25-22-12-10-18(11-13-22)21-14-23(19-4-2-1-3-5-19)27(16-21)15-17-6-8-20(9-7-17)24(28)26-29/h1-14,16,29H,15H2,(H,26,28). The maximum absolute atomic E-state index is 11.5. The zero-order valence-electron chi connectivity index (χ0n) is 15.5. The van der Waals surface area contributed by atoms with E-state index in [4.69, 9.17) is 5.21 Å². The molecule has 144 valence electrons. The summed E-state index contributed by atoms with van der Waals surface area (Å²) < 4.78 is 3.27. The summed E-state index contributed by atoms with van der Waals surface area (Å²) in [5, 5.41) is 8.78. The SMILES string of the molecule is O=C(NO)c1ccc(Cn2cc(-c3ccc(Br)cc3)cc2-c2ccccc2)cc1. The molecule has 1 aromatic heterocycles. The fourth-order valence-electron chi connectivity index (χ4n) is 3.32. The van der Waals surface area contributed by atoms with Crippen LogP contribution in [0.2, 0.25) is 0 Å². The number of nitrogens with zero attached hydrogens (tertiary/aromatic N) is 1. The first-order valence-electron chi connectivity index (χ1n) is 9.19. The van der Waals surface area contributed by atoms with Gasteiger partial charge in [0.15, 0.2) is 0 Å². The first-order chi connectivity index (χ1) is 14.1. The Kier molecular flexibility index (Phi) is 5.60. The van der Waals surface area contributed by atoms with Crippen molar-refractivity contribution in [2.24, 2.45) is 0 Å². The minimum absolute atomic E-state index is 0.419. The lowest BCUT2D eigenvalue weighted by Gasteiger charge is -2.10. The third-order valence-electron chi connectivity index (χ3n) is 4.81. The molecule has 0 unspecified atom stereocenters. The van der Waals surface area contributed by atoms with E-state index >= 15 is 0 Å². The Labute approximate surface area is 177 Å². The second-order valence-electron chi connectivity index (χ2n) is 6.75. The molecule has 4 rings (SSSR count). The molecule has 29 heavy (non-hydrogen) atoms. The van der Waals surface area contributed by atoms with Crippen LogP contribution in [0.25, 0.3) is 22.4 Å². The summed E-state index contributed by atoms with van der Waals surface area (Å²) in [6.07, 6.45) is 2.15. The summed E-state index contributed by atoms with van der Waals surface area (Å²) in [5.74, 6) is -0.514. The van der Waals surface area contributed by atoms with Gasteiger partial charge in [-0.1, -0.05) is 70.5 Å². The minimum atomic E-state index is -0.514. The summed E-state index contributed by atoms with van der Waals surface area (Å²) >= 11 is 3.49. The minimum Gasteiger partial charge on any atom is -0.342 e. The summed E-state index contributed by atoms with van der Waals surface area (Å²) in [4.78, 5) is 11.5. The summed E-state index contributed by atoms with van der Waals surface area (Å²) in [7, 11) is 0. The second kappa shape index (κ2) is 8.47. The number of hydrogen-bond donors (Lipinski definition) is 2. The molecule has 2 N–H and O–H groups in total. The van der Waals surface area contributed by atoms with Gasteiger partial charge < -0.3 is 4.57 Å². The van der Waals surface area contributed by atoms with E-state index < -0.39 is 5.91 Å². The largest absolute Gasteiger partial charge is 0.342 e. The van der Waals surface area contributed by atoms with Crippen molar-refractivity contribution in [3.05, 3.63) is 107 Å². The van der Waals surface area contributed by atoms with Crippen LogP contribution in [0.4, 0.5) is 0 Å². The van der Waals surface area contributed by atoms with E-state index in [0.29, 0.717) is 12.1 Å². The van der Waals surface area contributed by atoms with Crippen molar-refractivity contribution in [2.75, 3.05) is 0 Å². The highest BCUT2D eigenvalue weighted by molar-refractivity contribution is 9.10. The van der Waals surface area contributed by atoms with Gasteiger partial charge in [0.1, 0.15) is 0 Å². The smallest absolute Gasteiger partial charge is 0.274 e. The number of rotatable bonds is 5. The lowest BCUT2D eigenvalue weighted by atomic mass is 10.1. The Balaban J connectivity index is 1.71. The van der Waals surface area contributed by atoms with Crippen molar-refractivity contribution in [1.82, 2.24) is 10.0 Å². The average Bonchev–Trinajstić information content (AvgIpc) is 3.18. The quantitative estimate of drug-likeness (QED) is 0.302. The van der Waals surface area contributed by atoms with Crippen molar-refractivity contribution in [1.29, 1.82) is 0 Å². The number of hydrogen-bond acceptors (Lipinski definition) is 2. The Morgan fingerprint density at radius 3 is 2.21 bits per heavy atom. The zero-order chi connectivity index (χ0) is 20.2. The number of aromatic nitrogens is 1. The highest BCUT2D eigenvalue weighted by atomic mass is 79.9. The van der Waals surface area contributed by atoms with Crippen LogP contribution in [0.1, 0.15) is 15.9 Å². The van der Waals surface area contributed by atoms with E-state index in [1.807, 2.05) is 42.5 Å². The number of amides is 1. The van der Waals surface area contributed by atoms with Gasteiger partial charge in [0.25, 0.3) is 5.91 Å². The molecular weight excluding hydrogens is 428 g/mol. The Morgan fingerprint density at radius 2 is 1.55 bits per heavy atom. The van der Waals surface area contributed by atoms with Gasteiger partial charge in [0, 0.05) is 28.5 Å². The molecule has 0 aliphatic heterocycles. The van der Waals surface area contributed by atoms with Crippen molar-refractivity contribution < 1.29 is 10.0 Å². The number of carbonyl (C=O) groups excluding carboxylic acids is 1. The molecule has 1 amide bonds. The highest BCUT2D eigenvalue weighted by Gasteiger charge is 2.11. The third kappa shape index (κ3) is 4.31. The van der Waals surface area contributed by atoms with Crippen LogP contribution in [0.3, 0.4) is 0 Å². The predicted molar refractivity (Wildman–Crippen MR) is 118 cm³/mol. The summed E-state index contributed by atoms with van der Waals surface area (Å²) in [6, 6.07) is 28.0. The molecular formula is C24H19BrN2O2. The Morgan fingerprint density at radius 1 is 0.862 bits per heavy atom. The fraction of sp³-hybridized carbons (Fsp3) is 0.0417. The van der Waals surface area contributed by atoms with Crippen LogP contribution >= 0.6 is 15.9 Å². The molecule has 0 atom stereocenters. The van der Waals surface area contributed by atoms with Crippen molar-refractivity contribution in [2.45, 2.75) is 6.54 Å². The van der Waals surface area contributed by atoms with Gasteiger partial charge in [0.05, 0.1) is 0 Å². The van der Waals surface area contributed by atoms with E-state index in [2.05, 4.69) is 57.0 Å². The van der Waals surface area contributed by atoms with Gasteiger partial charge in [0.2, 0.25) is 0 Å². The van der Waals surface area contributed by atoms with Crippen LogP contribution in [0.15, 0.2) is 95.6 Å². The Bertz CT molecular complexity index is 1120. The monoisotopic (exact) mass is 446 g/mol. The second-order valence-corrected chi connectivity index (χ2v) is 7.67. The van der Waals surface area contributed by atoms with E-state index in [1.165, 1.54) is 0 Å². The number of nitrogens with one attached hydrogen (secondary N) is 1. The Hall–Kier alpha value is -3.15. The topological polar surface area (TPSA) is 54.3 Å². The lowest BCUT2D eigenvalue weighted by Crippen LogP contribution is -2.18. The maximum Gasteiger partial charge on any atom is 0.274 e. The number of hydroxylamine groups is 1. The first-order valence-corrected chi connectivity index (χ1v) is 9.98. The predicted octanol–water partition coefficient (Wildman–Crippen LogP) is 5.75. The molecule has 4 aromatic rings. The molecule has 3 aromatic carbocycles. The molecule has 0 spiro atoms. The molecule has 0 bridgehead atoms. The first kappa shape index (κ1) is 19.2. The highest BCUT2D eigenvalue weighted by Crippen LogP contribution is 2.30. The van der Waals surface area contributed by atoms with Gasteiger partial charge in [-0.25, -0.2) is 5.48 Å². The number of benzene rings is 3. The van der Waals surface area contributed by atoms with Gasteiger partial charge in [-0.2, -0.15) is 0 Å². The summed E-state index contributed by atoms with van der Waals surface area (Å²) in [6.45, 7) is 0.668. The van der Waals surface area contributed by atoms with Crippen molar-refractivity contribution in [3.63, 3.8) is 0 Å².